The zero-order chi connectivity index (χ0) is 15.2. The van der Waals surface area contributed by atoms with E-state index in [4.69, 9.17) is 23.2 Å². The number of hydrogen-bond acceptors (Lipinski definition) is 2. The molecular formula is C15H18Cl2N2O2. The van der Waals surface area contributed by atoms with E-state index < -0.39 is 6.04 Å². The summed E-state index contributed by atoms with van der Waals surface area (Å²) in [4.78, 5) is 23.7. The highest BCUT2D eigenvalue weighted by atomic mass is 35.5. The van der Waals surface area contributed by atoms with E-state index in [1.165, 1.54) is 0 Å². The van der Waals surface area contributed by atoms with Gasteiger partial charge in [0.25, 0.3) is 0 Å². The molecule has 1 aliphatic rings. The third-order valence-corrected chi connectivity index (χ3v) is 4.38. The van der Waals surface area contributed by atoms with Gasteiger partial charge in [-0.05, 0) is 37.3 Å². The summed E-state index contributed by atoms with van der Waals surface area (Å²) < 4.78 is 0. The third-order valence-electron chi connectivity index (χ3n) is 3.52. The lowest BCUT2D eigenvalue weighted by molar-refractivity contribution is -0.128. The van der Waals surface area contributed by atoms with Crippen LogP contribution in [0.25, 0.3) is 0 Å². The highest BCUT2D eigenvalue weighted by Gasteiger charge is 2.22. The van der Waals surface area contributed by atoms with Crippen LogP contribution in [0, 0.1) is 0 Å². The standard InChI is InChI=1S/C15H18Cl2N2O2/c16-11-5-3-4-10(14(11)17)7-8-13(20)19-12-6-1-2-9-18-15(12)21/h3-5,12H,1-2,6-9H2,(H,18,21)(H,19,20)/t12-/m1/s1. The number of benzene rings is 1. The van der Waals surface area contributed by atoms with Crippen molar-refractivity contribution in [1.82, 2.24) is 10.6 Å². The van der Waals surface area contributed by atoms with Gasteiger partial charge in [-0.3, -0.25) is 9.59 Å². The predicted molar refractivity (Wildman–Crippen MR) is 83.6 cm³/mol. The maximum atomic E-state index is 12.0. The second-order valence-electron chi connectivity index (χ2n) is 5.12. The molecule has 4 nitrogen and oxygen atoms in total. The summed E-state index contributed by atoms with van der Waals surface area (Å²) in [6.07, 6.45) is 3.36. The second-order valence-corrected chi connectivity index (χ2v) is 5.91. The Bertz CT molecular complexity index is 534. The van der Waals surface area contributed by atoms with Crippen molar-refractivity contribution >= 4 is 35.0 Å². The molecule has 1 fully saturated rings. The van der Waals surface area contributed by atoms with E-state index in [0.717, 1.165) is 18.4 Å². The molecule has 0 spiro atoms. The summed E-state index contributed by atoms with van der Waals surface area (Å²) in [6, 6.07) is 4.94. The van der Waals surface area contributed by atoms with Crippen molar-refractivity contribution < 1.29 is 9.59 Å². The maximum absolute atomic E-state index is 12.0. The Morgan fingerprint density at radius 2 is 2.14 bits per heavy atom. The van der Waals surface area contributed by atoms with Gasteiger partial charge in [0.2, 0.25) is 11.8 Å². The molecular weight excluding hydrogens is 311 g/mol. The normalized spacial score (nSPS) is 18.8. The minimum absolute atomic E-state index is 0.0957. The number of carbonyl (C=O) groups is 2. The van der Waals surface area contributed by atoms with Gasteiger partial charge < -0.3 is 10.6 Å². The quantitative estimate of drug-likeness (QED) is 0.892. The van der Waals surface area contributed by atoms with E-state index in [1.54, 1.807) is 12.1 Å². The molecule has 0 unspecified atom stereocenters. The van der Waals surface area contributed by atoms with Crippen LogP contribution in [0.4, 0.5) is 0 Å². The smallest absolute Gasteiger partial charge is 0.242 e. The Balaban J connectivity index is 1.87. The summed E-state index contributed by atoms with van der Waals surface area (Å²) >= 11 is 12.0. The van der Waals surface area contributed by atoms with E-state index in [-0.39, 0.29) is 18.2 Å². The third kappa shape index (κ3) is 4.61. The van der Waals surface area contributed by atoms with Crippen LogP contribution in [0.1, 0.15) is 31.2 Å². The first-order chi connectivity index (χ1) is 10.1. The van der Waals surface area contributed by atoms with Crippen molar-refractivity contribution in [2.24, 2.45) is 0 Å². The number of hydrogen-bond donors (Lipinski definition) is 2. The Kier molecular flexibility index (Phi) is 5.88. The van der Waals surface area contributed by atoms with Gasteiger partial charge in [0.05, 0.1) is 10.0 Å². The van der Waals surface area contributed by atoms with E-state index in [0.29, 0.717) is 29.4 Å². The second kappa shape index (κ2) is 7.66. The number of halogens is 2. The Labute approximate surface area is 134 Å². The molecule has 1 aliphatic heterocycles. The lowest BCUT2D eigenvalue weighted by atomic mass is 10.1. The van der Waals surface area contributed by atoms with Crippen molar-refractivity contribution in [3.63, 3.8) is 0 Å². The van der Waals surface area contributed by atoms with E-state index in [2.05, 4.69) is 10.6 Å². The number of amides is 2. The van der Waals surface area contributed by atoms with Crippen LogP contribution in [-0.2, 0) is 16.0 Å². The highest BCUT2D eigenvalue weighted by Crippen LogP contribution is 2.26. The molecule has 1 heterocycles. The number of nitrogens with one attached hydrogen (secondary N) is 2. The highest BCUT2D eigenvalue weighted by molar-refractivity contribution is 6.42. The van der Waals surface area contributed by atoms with Gasteiger partial charge in [-0.15, -0.1) is 0 Å². The Morgan fingerprint density at radius 3 is 2.95 bits per heavy atom. The minimum Gasteiger partial charge on any atom is -0.354 e. The molecule has 1 aromatic carbocycles. The van der Waals surface area contributed by atoms with Crippen molar-refractivity contribution in [1.29, 1.82) is 0 Å². The summed E-state index contributed by atoms with van der Waals surface area (Å²) in [6.45, 7) is 0.684. The summed E-state index contributed by atoms with van der Waals surface area (Å²) in [5, 5.41) is 6.55. The lowest BCUT2D eigenvalue weighted by Crippen LogP contribution is -2.45. The summed E-state index contributed by atoms with van der Waals surface area (Å²) in [5.41, 5.74) is 0.838. The van der Waals surface area contributed by atoms with Crippen LogP contribution in [0.15, 0.2) is 18.2 Å². The van der Waals surface area contributed by atoms with Crippen molar-refractivity contribution in [2.45, 2.75) is 38.1 Å². The number of rotatable bonds is 4. The summed E-state index contributed by atoms with van der Waals surface area (Å²) in [7, 11) is 0. The maximum Gasteiger partial charge on any atom is 0.242 e. The Morgan fingerprint density at radius 1 is 1.33 bits per heavy atom. The molecule has 0 aliphatic carbocycles. The van der Waals surface area contributed by atoms with Gasteiger partial charge in [0.1, 0.15) is 6.04 Å². The zero-order valence-electron chi connectivity index (χ0n) is 11.6. The largest absolute Gasteiger partial charge is 0.354 e. The fraction of sp³-hybridized carbons (Fsp3) is 0.467. The van der Waals surface area contributed by atoms with E-state index >= 15 is 0 Å². The van der Waals surface area contributed by atoms with Gasteiger partial charge in [0.15, 0.2) is 0 Å². The van der Waals surface area contributed by atoms with Gasteiger partial charge in [0, 0.05) is 13.0 Å². The fourth-order valence-electron chi connectivity index (χ4n) is 2.33. The van der Waals surface area contributed by atoms with Gasteiger partial charge in [-0.25, -0.2) is 0 Å². The van der Waals surface area contributed by atoms with Crippen LogP contribution in [0.2, 0.25) is 10.0 Å². The lowest BCUT2D eigenvalue weighted by Gasteiger charge is -2.15. The molecule has 1 atom stereocenters. The zero-order valence-corrected chi connectivity index (χ0v) is 13.1. The molecule has 0 bridgehead atoms. The van der Waals surface area contributed by atoms with Gasteiger partial charge in [-0.1, -0.05) is 35.3 Å². The molecule has 114 valence electrons. The molecule has 6 heteroatoms. The van der Waals surface area contributed by atoms with Crippen LogP contribution in [-0.4, -0.2) is 24.4 Å². The number of aryl methyl sites for hydroxylation is 1. The molecule has 0 aromatic heterocycles. The topological polar surface area (TPSA) is 58.2 Å². The number of carbonyl (C=O) groups excluding carboxylic acids is 2. The molecule has 0 saturated carbocycles. The van der Waals surface area contributed by atoms with Crippen molar-refractivity contribution in [3.05, 3.63) is 33.8 Å². The van der Waals surface area contributed by atoms with Crippen LogP contribution in [0.5, 0.6) is 0 Å². The Hall–Kier alpha value is -1.26. The average Bonchev–Trinajstić information content (AvgIpc) is 2.66. The van der Waals surface area contributed by atoms with Gasteiger partial charge >= 0.3 is 0 Å². The molecule has 2 rings (SSSR count). The molecule has 0 radical (unpaired) electrons. The van der Waals surface area contributed by atoms with E-state index in [9.17, 15) is 9.59 Å². The molecule has 21 heavy (non-hydrogen) atoms. The monoisotopic (exact) mass is 328 g/mol. The van der Waals surface area contributed by atoms with Crippen molar-refractivity contribution in [3.8, 4) is 0 Å². The van der Waals surface area contributed by atoms with Crippen LogP contribution in [0.3, 0.4) is 0 Å². The SMILES string of the molecule is O=C(CCc1cccc(Cl)c1Cl)N[C@@H]1CCCCNC1=O. The fourth-order valence-corrected chi connectivity index (χ4v) is 2.75. The molecule has 2 amide bonds. The predicted octanol–water partition coefficient (Wildman–Crippen LogP) is 2.71. The molecule has 1 aromatic rings. The average molecular weight is 329 g/mol. The molecule has 2 N–H and O–H groups in total. The van der Waals surface area contributed by atoms with Crippen LogP contribution < -0.4 is 10.6 Å². The van der Waals surface area contributed by atoms with Crippen molar-refractivity contribution in [2.75, 3.05) is 6.54 Å². The first-order valence-corrected chi connectivity index (χ1v) is 7.83. The van der Waals surface area contributed by atoms with E-state index in [1.807, 2.05) is 6.07 Å². The minimum atomic E-state index is -0.421. The molecule has 1 saturated heterocycles. The first-order valence-electron chi connectivity index (χ1n) is 7.08. The first kappa shape index (κ1) is 16.1. The van der Waals surface area contributed by atoms with Gasteiger partial charge in [-0.2, -0.15) is 0 Å². The summed E-state index contributed by atoms with van der Waals surface area (Å²) in [5.74, 6) is -0.241. The van der Waals surface area contributed by atoms with Crippen LogP contribution >= 0.6 is 23.2 Å².